The average molecular weight is 369 g/mol. The first kappa shape index (κ1) is 15.5. The van der Waals surface area contributed by atoms with Gasteiger partial charge in [-0.1, -0.05) is 22.0 Å². The maximum Gasteiger partial charge on any atom is 0.337 e. The summed E-state index contributed by atoms with van der Waals surface area (Å²) in [6.45, 7) is 0.489. The third-order valence-electron chi connectivity index (χ3n) is 2.70. The number of amides is 2. The molecule has 3 N–H and O–H groups in total. The Hall–Kier alpha value is -1.86. The number of anilines is 1. The lowest BCUT2D eigenvalue weighted by Gasteiger charge is -2.10. The molecule has 1 aromatic heterocycles. The Bertz CT molecular complexity index is 644. The SMILES string of the molecule is O=C(NCCc1cccs1)Nc1cc(Br)ccc1C(=O)O. The van der Waals surface area contributed by atoms with Crippen molar-refractivity contribution >= 4 is 45.0 Å². The number of urea groups is 1. The van der Waals surface area contributed by atoms with E-state index in [2.05, 4.69) is 26.6 Å². The van der Waals surface area contributed by atoms with E-state index in [4.69, 9.17) is 5.11 Å². The molecule has 2 amide bonds. The molecule has 0 saturated heterocycles. The summed E-state index contributed by atoms with van der Waals surface area (Å²) in [5, 5.41) is 16.3. The molecule has 1 aromatic carbocycles. The first-order chi connectivity index (χ1) is 10.1. The zero-order valence-electron chi connectivity index (χ0n) is 10.9. The zero-order chi connectivity index (χ0) is 15.2. The van der Waals surface area contributed by atoms with E-state index in [1.54, 1.807) is 23.5 Å². The van der Waals surface area contributed by atoms with Crippen molar-refractivity contribution in [3.05, 3.63) is 50.6 Å². The van der Waals surface area contributed by atoms with Crippen molar-refractivity contribution in [3.63, 3.8) is 0 Å². The van der Waals surface area contributed by atoms with Crippen LogP contribution in [-0.2, 0) is 6.42 Å². The number of aromatic carboxylic acids is 1. The minimum atomic E-state index is -1.09. The van der Waals surface area contributed by atoms with Gasteiger partial charge in [-0.2, -0.15) is 0 Å². The number of hydrogen-bond donors (Lipinski definition) is 3. The van der Waals surface area contributed by atoms with Gasteiger partial charge in [0.05, 0.1) is 11.3 Å². The van der Waals surface area contributed by atoms with E-state index in [0.29, 0.717) is 11.0 Å². The number of carbonyl (C=O) groups excluding carboxylic acids is 1. The molecule has 0 aliphatic heterocycles. The first-order valence-electron chi connectivity index (χ1n) is 6.16. The van der Waals surface area contributed by atoms with Crippen LogP contribution < -0.4 is 10.6 Å². The van der Waals surface area contributed by atoms with Gasteiger partial charge in [-0.3, -0.25) is 0 Å². The summed E-state index contributed by atoms with van der Waals surface area (Å²) in [6.07, 6.45) is 0.745. The number of carboxylic acid groups (broad SMARTS) is 1. The average Bonchev–Trinajstić information content (AvgIpc) is 2.91. The van der Waals surface area contributed by atoms with Crippen LogP contribution in [0.4, 0.5) is 10.5 Å². The second kappa shape index (κ2) is 7.24. The molecule has 0 unspecified atom stereocenters. The topological polar surface area (TPSA) is 78.4 Å². The molecule has 5 nitrogen and oxygen atoms in total. The van der Waals surface area contributed by atoms with Gasteiger partial charge in [0.25, 0.3) is 0 Å². The Morgan fingerprint density at radius 2 is 2.10 bits per heavy atom. The maximum absolute atomic E-state index is 11.8. The number of halogens is 1. The van der Waals surface area contributed by atoms with Crippen LogP contribution in [-0.4, -0.2) is 23.7 Å². The molecule has 21 heavy (non-hydrogen) atoms. The van der Waals surface area contributed by atoms with Crippen LogP contribution in [0.1, 0.15) is 15.2 Å². The van der Waals surface area contributed by atoms with Gasteiger partial charge in [0.1, 0.15) is 0 Å². The van der Waals surface area contributed by atoms with Gasteiger partial charge in [0.15, 0.2) is 0 Å². The van der Waals surface area contributed by atoms with Gasteiger partial charge in [-0.15, -0.1) is 11.3 Å². The van der Waals surface area contributed by atoms with Gasteiger partial charge in [-0.05, 0) is 36.1 Å². The fraction of sp³-hybridized carbons (Fsp3) is 0.143. The molecular formula is C14H13BrN2O3S. The second-order valence-corrected chi connectivity index (χ2v) is 6.15. The van der Waals surface area contributed by atoms with Crippen LogP contribution in [0.2, 0.25) is 0 Å². The second-order valence-electron chi connectivity index (χ2n) is 4.21. The molecule has 1 heterocycles. The molecule has 0 saturated carbocycles. The van der Waals surface area contributed by atoms with Crippen LogP contribution in [0, 0.1) is 0 Å². The number of nitrogens with one attached hydrogen (secondary N) is 2. The highest BCUT2D eigenvalue weighted by Gasteiger charge is 2.12. The van der Waals surface area contributed by atoms with Crippen molar-refractivity contribution in [1.82, 2.24) is 5.32 Å². The van der Waals surface area contributed by atoms with Crippen molar-refractivity contribution in [2.45, 2.75) is 6.42 Å². The monoisotopic (exact) mass is 368 g/mol. The van der Waals surface area contributed by atoms with E-state index in [9.17, 15) is 9.59 Å². The van der Waals surface area contributed by atoms with Crippen molar-refractivity contribution in [2.24, 2.45) is 0 Å². The van der Waals surface area contributed by atoms with Crippen molar-refractivity contribution in [2.75, 3.05) is 11.9 Å². The molecule has 0 radical (unpaired) electrons. The predicted molar refractivity (Wildman–Crippen MR) is 86.1 cm³/mol. The molecule has 110 valence electrons. The Balaban J connectivity index is 1.93. The highest BCUT2D eigenvalue weighted by atomic mass is 79.9. The van der Waals surface area contributed by atoms with Crippen molar-refractivity contribution in [3.8, 4) is 0 Å². The van der Waals surface area contributed by atoms with Crippen LogP contribution in [0.5, 0.6) is 0 Å². The number of hydrogen-bond acceptors (Lipinski definition) is 3. The Morgan fingerprint density at radius 1 is 1.29 bits per heavy atom. The fourth-order valence-electron chi connectivity index (χ4n) is 1.73. The van der Waals surface area contributed by atoms with E-state index in [1.807, 2.05) is 17.5 Å². The van der Waals surface area contributed by atoms with Crippen LogP contribution in [0.3, 0.4) is 0 Å². The van der Waals surface area contributed by atoms with Gasteiger partial charge in [0, 0.05) is 15.9 Å². The Kier molecular flexibility index (Phi) is 5.35. The number of thiophene rings is 1. The van der Waals surface area contributed by atoms with E-state index in [1.165, 1.54) is 10.9 Å². The molecular weight excluding hydrogens is 356 g/mol. The maximum atomic E-state index is 11.8. The molecule has 0 atom stereocenters. The zero-order valence-corrected chi connectivity index (χ0v) is 13.3. The third kappa shape index (κ3) is 4.57. The Labute approximate surface area is 134 Å². The fourth-order valence-corrected chi connectivity index (χ4v) is 2.80. The highest BCUT2D eigenvalue weighted by Crippen LogP contribution is 2.21. The molecule has 2 rings (SSSR count). The molecule has 0 aliphatic rings. The van der Waals surface area contributed by atoms with Crippen LogP contribution >= 0.6 is 27.3 Å². The summed E-state index contributed by atoms with van der Waals surface area (Å²) in [7, 11) is 0. The summed E-state index contributed by atoms with van der Waals surface area (Å²) in [6, 6.07) is 8.15. The van der Waals surface area contributed by atoms with Gasteiger partial charge < -0.3 is 15.7 Å². The molecule has 7 heteroatoms. The largest absolute Gasteiger partial charge is 0.478 e. The summed E-state index contributed by atoms with van der Waals surface area (Å²) >= 11 is 4.88. The number of rotatable bonds is 5. The number of carbonyl (C=O) groups is 2. The van der Waals surface area contributed by atoms with Gasteiger partial charge in [0.2, 0.25) is 0 Å². The molecule has 0 spiro atoms. The number of benzene rings is 1. The van der Waals surface area contributed by atoms with Gasteiger partial charge >= 0.3 is 12.0 Å². The lowest BCUT2D eigenvalue weighted by atomic mass is 10.2. The van der Waals surface area contributed by atoms with Crippen molar-refractivity contribution in [1.29, 1.82) is 0 Å². The predicted octanol–water partition coefficient (Wildman–Crippen LogP) is 3.57. The standard InChI is InChI=1S/C14H13BrN2O3S/c15-9-3-4-11(13(18)19)12(8-9)17-14(20)16-6-5-10-2-1-7-21-10/h1-4,7-8H,5-6H2,(H,18,19)(H2,16,17,20). The summed E-state index contributed by atoms with van der Waals surface area (Å²) in [5.74, 6) is -1.09. The molecule has 0 bridgehead atoms. The molecule has 0 aliphatic carbocycles. The Morgan fingerprint density at radius 3 is 2.76 bits per heavy atom. The third-order valence-corrected chi connectivity index (χ3v) is 4.13. The summed E-state index contributed by atoms with van der Waals surface area (Å²) in [4.78, 5) is 24.1. The minimum Gasteiger partial charge on any atom is -0.478 e. The lowest BCUT2D eigenvalue weighted by molar-refractivity contribution is 0.0698. The van der Waals surface area contributed by atoms with Crippen molar-refractivity contribution < 1.29 is 14.7 Å². The van der Waals surface area contributed by atoms with E-state index >= 15 is 0 Å². The van der Waals surface area contributed by atoms with E-state index in [-0.39, 0.29) is 11.3 Å². The van der Waals surface area contributed by atoms with Crippen LogP contribution in [0.25, 0.3) is 0 Å². The minimum absolute atomic E-state index is 0.0478. The first-order valence-corrected chi connectivity index (χ1v) is 7.83. The number of carboxylic acids is 1. The normalized spacial score (nSPS) is 10.1. The lowest BCUT2D eigenvalue weighted by Crippen LogP contribution is -2.30. The smallest absolute Gasteiger partial charge is 0.337 e. The van der Waals surface area contributed by atoms with Crippen LogP contribution in [0.15, 0.2) is 40.2 Å². The quantitative estimate of drug-likeness (QED) is 0.754. The summed E-state index contributed by atoms with van der Waals surface area (Å²) in [5.41, 5.74) is 0.303. The molecule has 2 aromatic rings. The highest BCUT2D eigenvalue weighted by molar-refractivity contribution is 9.10. The van der Waals surface area contributed by atoms with E-state index < -0.39 is 12.0 Å². The van der Waals surface area contributed by atoms with Gasteiger partial charge in [-0.25, -0.2) is 9.59 Å². The molecule has 0 fully saturated rings. The van der Waals surface area contributed by atoms with E-state index in [0.717, 1.165) is 6.42 Å². The summed E-state index contributed by atoms with van der Waals surface area (Å²) < 4.78 is 0.696.